The summed E-state index contributed by atoms with van der Waals surface area (Å²) in [4.78, 5) is 4.45. The lowest BCUT2D eigenvalue weighted by Gasteiger charge is -2.09. The molecule has 0 spiro atoms. The number of hydrogen-bond donors (Lipinski definition) is 0. The average molecular weight is 291 g/mol. The second kappa shape index (κ2) is 5.19. The van der Waals surface area contributed by atoms with Crippen molar-refractivity contribution in [3.8, 4) is 5.75 Å². The highest BCUT2D eigenvalue weighted by Crippen LogP contribution is 2.36. The van der Waals surface area contributed by atoms with Gasteiger partial charge in [0.05, 0.1) is 10.2 Å². The molecule has 2 nitrogen and oxygen atoms in total. The molecule has 2 aromatic heterocycles. The summed E-state index contributed by atoms with van der Waals surface area (Å²) in [6, 6.07) is 18.5. The summed E-state index contributed by atoms with van der Waals surface area (Å²) >= 11 is 1.71. The van der Waals surface area contributed by atoms with E-state index in [1.54, 1.807) is 11.3 Å². The van der Waals surface area contributed by atoms with Gasteiger partial charge in [0.15, 0.2) is 0 Å². The predicted octanol–water partition coefficient (Wildman–Crippen LogP) is 5.03. The second-order valence-corrected chi connectivity index (χ2v) is 5.80. The second-order valence-electron chi connectivity index (χ2n) is 4.88. The highest BCUT2D eigenvalue weighted by molar-refractivity contribution is 7.17. The number of hydrogen-bond acceptors (Lipinski definition) is 3. The minimum Gasteiger partial charge on any atom is -0.487 e. The van der Waals surface area contributed by atoms with Gasteiger partial charge in [-0.05, 0) is 23.1 Å². The number of ether oxygens (including phenoxy) is 1. The van der Waals surface area contributed by atoms with Gasteiger partial charge in [-0.25, -0.2) is 0 Å². The molecule has 4 aromatic rings. The van der Waals surface area contributed by atoms with E-state index in [1.807, 2.05) is 36.5 Å². The van der Waals surface area contributed by atoms with Gasteiger partial charge >= 0.3 is 0 Å². The Morgan fingerprint density at radius 2 is 1.86 bits per heavy atom. The fourth-order valence-electron chi connectivity index (χ4n) is 2.50. The first-order valence-corrected chi connectivity index (χ1v) is 7.71. The maximum atomic E-state index is 6.04. The SMILES string of the molecule is c1ccc(COc2cc3ncccc3c3ccsc23)cc1. The summed E-state index contributed by atoms with van der Waals surface area (Å²) in [6.07, 6.45) is 1.82. The van der Waals surface area contributed by atoms with Crippen molar-refractivity contribution in [2.75, 3.05) is 0 Å². The molecule has 0 amide bonds. The molecule has 0 saturated carbocycles. The molecule has 21 heavy (non-hydrogen) atoms. The van der Waals surface area contributed by atoms with Crippen LogP contribution in [0.2, 0.25) is 0 Å². The zero-order valence-electron chi connectivity index (χ0n) is 11.3. The first kappa shape index (κ1) is 12.4. The minimum atomic E-state index is 0.576. The molecule has 0 radical (unpaired) electrons. The third kappa shape index (κ3) is 2.26. The summed E-state index contributed by atoms with van der Waals surface area (Å²) in [5.74, 6) is 0.912. The van der Waals surface area contributed by atoms with Crippen LogP contribution in [0, 0.1) is 0 Å². The molecular formula is C18H13NOS. The third-order valence-electron chi connectivity index (χ3n) is 3.52. The lowest BCUT2D eigenvalue weighted by Crippen LogP contribution is -1.95. The van der Waals surface area contributed by atoms with E-state index in [0.717, 1.165) is 11.3 Å². The van der Waals surface area contributed by atoms with Gasteiger partial charge in [-0.1, -0.05) is 36.4 Å². The van der Waals surface area contributed by atoms with E-state index < -0.39 is 0 Å². The van der Waals surface area contributed by atoms with Crippen molar-refractivity contribution in [3.63, 3.8) is 0 Å². The topological polar surface area (TPSA) is 22.1 Å². The molecule has 0 aliphatic rings. The van der Waals surface area contributed by atoms with E-state index >= 15 is 0 Å². The molecule has 0 aliphatic heterocycles. The molecule has 0 aliphatic carbocycles. The molecule has 0 unspecified atom stereocenters. The van der Waals surface area contributed by atoms with Crippen molar-refractivity contribution >= 4 is 32.3 Å². The van der Waals surface area contributed by atoms with Crippen LogP contribution < -0.4 is 4.74 Å². The number of rotatable bonds is 3. The first-order chi connectivity index (χ1) is 10.4. The maximum Gasteiger partial charge on any atom is 0.139 e. The predicted molar refractivity (Wildman–Crippen MR) is 87.9 cm³/mol. The summed E-state index contributed by atoms with van der Waals surface area (Å²) < 4.78 is 7.23. The van der Waals surface area contributed by atoms with Crippen LogP contribution in [0.15, 0.2) is 66.2 Å². The van der Waals surface area contributed by atoms with Gasteiger partial charge in [0, 0.05) is 23.0 Å². The zero-order chi connectivity index (χ0) is 14.1. The van der Waals surface area contributed by atoms with Crippen LogP contribution in [-0.2, 0) is 6.61 Å². The zero-order valence-corrected chi connectivity index (χ0v) is 12.1. The summed E-state index contributed by atoms with van der Waals surface area (Å²) in [7, 11) is 0. The maximum absolute atomic E-state index is 6.04. The average Bonchev–Trinajstić information content (AvgIpc) is 3.04. The van der Waals surface area contributed by atoms with E-state index in [9.17, 15) is 0 Å². The number of thiophene rings is 1. The molecule has 102 valence electrons. The lowest BCUT2D eigenvalue weighted by molar-refractivity contribution is 0.311. The molecule has 0 bridgehead atoms. The molecule has 4 rings (SSSR count). The summed E-state index contributed by atoms with van der Waals surface area (Å²) in [6.45, 7) is 0.576. The smallest absolute Gasteiger partial charge is 0.139 e. The number of benzene rings is 2. The Morgan fingerprint density at radius 1 is 0.952 bits per heavy atom. The van der Waals surface area contributed by atoms with Crippen molar-refractivity contribution in [2.45, 2.75) is 6.61 Å². The Morgan fingerprint density at radius 3 is 2.76 bits per heavy atom. The van der Waals surface area contributed by atoms with E-state index in [0.29, 0.717) is 6.61 Å². The van der Waals surface area contributed by atoms with Gasteiger partial charge in [-0.3, -0.25) is 4.98 Å². The standard InChI is InChI=1S/C18H13NOS/c1-2-5-13(6-3-1)12-20-17-11-16-14(7-4-9-19-16)15-8-10-21-18(15)17/h1-11H,12H2. The normalized spacial score (nSPS) is 11.0. The Hall–Kier alpha value is -2.39. The Balaban J connectivity index is 1.78. The van der Waals surface area contributed by atoms with E-state index in [4.69, 9.17) is 4.74 Å². The van der Waals surface area contributed by atoms with E-state index in [-0.39, 0.29) is 0 Å². The Kier molecular flexibility index (Phi) is 3.05. The van der Waals surface area contributed by atoms with Crippen LogP contribution in [0.25, 0.3) is 21.0 Å². The summed E-state index contributed by atoms with van der Waals surface area (Å²) in [5, 5.41) is 4.50. The Labute approximate surface area is 126 Å². The number of pyridine rings is 1. The van der Waals surface area contributed by atoms with Crippen molar-refractivity contribution in [2.24, 2.45) is 0 Å². The monoisotopic (exact) mass is 291 g/mol. The Bertz CT molecular complexity index is 899. The molecular weight excluding hydrogens is 278 g/mol. The molecule has 0 fully saturated rings. The van der Waals surface area contributed by atoms with Gasteiger partial charge in [-0.2, -0.15) is 0 Å². The molecule has 3 heteroatoms. The van der Waals surface area contributed by atoms with Crippen LogP contribution in [0.1, 0.15) is 5.56 Å². The van der Waals surface area contributed by atoms with Crippen LogP contribution in [0.4, 0.5) is 0 Å². The molecule has 0 N–H and O–H groups in total. The van der Waals surface area contributed by atoms with Crippen molar-refractivity contribution in [3.05, 3.63) is 71.7 Å². The van der Waals surface area contributed by atoms with Crippen LogP contribution in [0.5, 0.6) is 5.75 Å². The van der Waals surface area contributed by atoms with Gasteiger partial charge in [0.25, 0.3) is 0 Å². The largest absolute Gasteiger partial charge is 0.487 e. The fourth-order valence-corrected chi connectivity index (χ4v) is 3.38. The van der Waals surface area contributed by atoms with Gasteiger partial charge in [0.2, 0.25) is 0 Å². The van der Waals surface area contributed by atoms with Crippen LogP contribution in [-0.4, -0.2) is 4.98 Å². The fraction of sp³-hybridized carbons (Fsp3) is 0.0556. The molecule has 0 saturated heterocycles. The van der Waals surface area contributed by atoms with E-state index in [2.05, 4.69) is 34.6 Å². The van der Waals surface area contributed by atoms with E-state index in [1.165, 1.54) is 21.0 Å². The highest BCUT2D eigenvalue weighted by Gasteiger charge is 2.09. The van der Waals surface area contributed by atoms with Gasteiger partial charge < -0.3 is 4.74 Å². The summed E-state index contributed by atoms with van der Waals surface area (Å²) in [5.41, 5.74) is 2.15. The highest BCUT2D eigenvalue weighted by atomic mass is 32.1. The van der Waals surface area contributed by atoms with Crippen molar-refractivity contribution < 1.29 is 4.74 Å². The minimum absolute atomic E-state index is 0.576. The molecule has 0 atom stereocenters. The number of nitrogens with zero attached hydrogens (tertiary/aromatic N) is 1. The van der Waals surface area contributed by atoms with Gasteiger partial charge in [-0.15, -0.1) is 11.3 Å². The lowest BCUT2D eigenvalue weighted by atomic mass is 10.1. The third-order valence-corrected chi connectivity index (χ3v) is 4.45. The quantitative estimate of drug-likeness (QED) is 0.528. The van der Waals surface area contributed by atoms with Crippen LogP contribution in [0.3, 0.4) is 0 Å². The van der Waals surface area contributed by atoms with Gasteiger partial charge in [0.1, 0.15) is 12.4 Å². The number of fused-ring (bicyclic) bond motifs is 3. The van der Waals surface area contributed by atoms with Crippen LogP contribution >= 0.6 is 11.3 Å². The molecule has 2 heterocycles. The first-order valence-electron chi connectivity index (χ1n) is 6.83. The van der Waals surface area contributed by atoms with Crippen molar-refractivity contribution in [1.29, 1.82) is 0 Å². The molecule has 2 aromatic carbocycles. The number of aromatic nitrogens is 1. The van der Waals surface area contributed by atoms with Crippen molar-refractivity contribution in [1.82, 2.24) is 4.98 Å².